The fourth-order valence-electron chi connectivity index (χ4n) is 1.21. The van der Waals surface area contributed by atoms with Gasteiger partial charge in [0.15, 0.2) is 0 Å². The van der Waals surface area contributed by atoms with E-state index in [2.05, 4.69) is 5.32 Å². The Morgan fingerprint density at radius 2 is 2.06 bits per heavy atom. The molecule has 1 aromatic carbocycles. The third kappa shape index (κ3) is 4.48. The van der Waals surface area contributed by atoms with Crippen LogP contribution in [0.5, 0.6) is 0 Å². The largest absolute Gasteiger partial charge is 0.478 e. The van der Waals surface area contributed by atoms with Crippen molar-refractivity contribution in [2.24, 2.45) is 0 Å². The highest BCUT2D eigenvalue weighted by atomic mass is 16.4. The summed E-state index contributed by atoms with van der Waals surface area (Å²) in [4.78, 5) is 21.5. The van der Waals surface area contributed by atoms with Gasteiger partial charge in [-0.3, -0.25) is 4.79 Å². The topological polar surface area (TPSA) is 86.6 Å². The van der Waals surface area contributed by atoms with Crippen molar-refractivity contribution in [1.82, 2.24) is 0 Å². The summed E-state index contributed by atoms with van der Waals surface area (Å²) in [6, 6.07) is 6.70. The van der Waals surface area contributed by atoms with Gasteiger partial charge in [0.2, 0.25) is 5.91 Å². The highest BCUT2D eigenvalue weighted by molar-refractivity contribution is 6.02. The molecule has 1 unspecified atom stereocenters. The molecule has 0 radical (unpaired) electrons. The van der Waals surface area contributed by atoms with Crippen molar-refractivity contribution in [2.75, 3.05) is 5.32 Å². The first kappa shape index (κ1) is 12.9. The minimum Gasteiger partial charge on any atom is -0.478 e. The number of carbonyl (C=O) groups excluding carboxylic acids is 1. The number of carboxylic acid groups (broad SMARTS) is 1. The van der Waals surface area contributed by atoms with Gasteiger partial charge in [0.1, 0.15) is 0 Å². The summed E-state index contributed by atoms with van der Waals surface area (Å²) in [5, 5.41) is 20.2. The molecule has 0 fully saturated rings. The third-order valence-electron chi connectivity index (χ3n) is 2.01. The molecule has 90 valence electrons. The van der Waals surface area contributed by atoms with E-state index in [0.717, 1.165) is 12.2 Å². The summed E-state index contributed by atoms with van der Waals surface area (Å²) in [7, 11) is 0. The molecule has 0 heterocycles. The lowest BCUT2D eigenvalue weighted by atomic mass is 10.1. The van der Waals surface area contributed by atoms with Crippen molar-refractivity contribution in [1.29, 1.82) is 0 Å². The van der Waals surface area contributed by atoms with Gasteiger partial charge in [-0.2, -0.15) is 0 Å². The first-order chi connectivity index (χ1) is 7.99. The average Bonchev–Trinajstić information content (AvgIpc) is 2.26. The maximum Gasteiger partial charge on any atom is 0.328 e. The Kier molecular flexibility index (Phi) is 4.42. The lowest BCUT2D eigenvalue weighted by molar-refractivity contribution is -0.131. The van der Waals surface area contributed by atoms with Crippen molar-refractivity contribution in [3.05, 3.63) is 42.0 Å². The van der Waals surface area contributed by atoms with Gasteiger partial charge in [-0.05, 0) is 24.6 Å². The fraction of sp³-hybridized carbons (Fsp3) is 0.167. The predicted octanol–water partition coefficient (Wildman–Crippen LogP) is 1.32. The molecule has 3 N–H and O–H groups in total. The minimum absolute atomic E-state index is 0.503. The molecule has 0 bridgehead atoms. The second-order valence-corrected chi connectivity index (χ2v) is 3.46. The molecule has 0 spiro atoms. The number of carboxylic acids is 1. The number of hydrogen-bond acceptors (Lipinski definition) is 3. The molecule has 5 nitrogen and oxygen atoms in total. The van der Waals surface area contributed by atoms with Crippen LogP contribution in [-0.4, -0.2) is 22.1 Å². The van der Waals surface area contributed by atoms with Crippen LogP contribution in [0.4, 0.5) is 5.69 Å². The van der Waals surface area contributed by atoms with E-state index < -0.39 is 18.0 Å². The molecule has 0 saturated heterocycles. The molecule has 0 saturated carbocycles. The lowest BCUT2D eigenvalue weighted by Gasteiger charge is -2.07. The standard InChI is InChI=1S/C12H13NO4/c1-8(14)9-3-2-4-10(7-9)13-11(15)5-6-12(16)17/h2-8,14H,1H3,(H,13,15)(H,16,17)/b6-5+. The Bertz CT molecular complexity index is 452. The van der Waals surface area contributed by atoms with Crippen LogP contribution in [0.25, 0.3) is 0 Å². The molecular weight excluding hydrogens is 222 g/mol. The highest BCUT2D eigenvalue weighted by Gasteiger charge is 2.03. The van der Waals surface area contributed by atoms with E-state index in [1.54, 1.807) is 31.2 Å². The Balaban J connectivity index is 2.72. The van der Waals surface area contributed by atoms with E-state index in [4.69, 9.17) is 5.11 Å². The number of anilines is 1. The second-order valence-electron chi connectivity index (χ2n) is 3.46. The zero-order chi connectivity index (χ0) is 12.8. The van der Waals surface area contributed by atoms with Gasteiger partial charge in [0, 0.05) is 17.8 Å². The van der Waals surface area contributed by atoms with Crippen LogP contribution in [-0.2, 0) is 9.59 Å². The quantitative estimate of drug-likeness (QED) is 0.687. The molecule has 0 aliphatic carbocycles. The molecule has 1 atom stereocenters. The van der Waals surface area contributed by atoms with Crippen LogP contribution < -0.4 is 5.32 Å². The van der Waals surface area contributed by atoms with Crippen LogP contribution in [0.1, 0.15) is 18.6 Å². The molecule has 1 rings (SSSR count). The van der Waals surface area contributed by atoms with Gasteiger partial charge in [0.05, 0.1) is 6.10 Å². The molecule has 0 aromatic heterocycles. The number of rotatable bonds is 4. The summed E-state index contributed by atoms with van der Waals surface area (Å²) < 4.78 is 0. The Morgan fingerprint density at radius 1 is 1.35 bits per heavy atom. The van der Waals surface area contributed by atoms with Crippen molar-refractivity contribution in [2.45, 2.75) is 13.0 Å². The fourth-order valence-corrected chi connectivity index (χ4v) is 1.21. The summed E-state index contributed by atoms with van der Waals surface area (Å²) in [6.45, 7) is 1.62. The van der Waals surface area contributed by atoms with Gasteiger partial charge in [-0.15, -0.1) is 0 Å². The molecule has 5 heteroatoms. The van der Waals surface area contributed by atoms with Crippen molar-refractivity contribution in [3.8, 4) is 0 Å². The molecular formula is C12H13NO4. The maximum absolute atomic E-state index is 11.3. The number of carbonyl (C=O) groups is 2. The lowest BCUT2D eigenvalue weighted by Crippen LogP contribution is -2.09. The van der Waals surface area contributed by atoms with E-state index in [1.807, 2.05) is 0 Å². The number of aliphatic carboxylic acids is 1. The second kappa shape index (κ2) is 5.81. The molecule has 0 aliphatic rings. The Hall–Kier alpha value is -2.14. The van der Waals surface area contributed by atoms with Gasteiger partial charge in [0.25, 0.3) is 0 Å². The monoisotopic (exact) mass is 235 g/mol. The Morgan fingerprint density at radius 3 is 2.65 bits per heavy atom. The minimum atomic E-state index is -1.18. The number of aliphatic hydroxyl groups is 1. The first-order valence-corrected chi connectivity index (χ1v) is 4.99. The van der Waals surface area contributed by atoms with Crippen LogP contribution in [0.3, 0.4) is 0 Å². The van der Waals surface area contributed by atoms with Crippen LogP contribution >= 0.6 is 0 Å². The summed E-state index contributed by atoms with van der Waals surface area (Å²) >= 11 is 0. The number of nitrogens with one attached hydrogen (secondary N) is 1. The number of amides is 1. The maximum atomic E-state index is 11.3. The zero-order valence-electron chi connectivity index (χ0n) is 9.25. The van der Waals surface area contributed by atoms with E-state index >= 15 is 0 Å². The van der Waals surface area contributed by atoms with Crippen LogP contribution in [0.15, 0.2) is 36.4 Å². The van der Waals surface area contributed by atoms with E-state index in [1.165, 1.54) is 0 Å². The predicted molar refractivity (Wildman–Crippen MR) is 62.5 cm³/mol. The van der Waals surface area contributed by atoms with Gasteiger partial charge in [-0.1, -0.05) is 12.1 Å². The smallest absolute Gasteiger partial charge is 0.328 e. The van der Waals surface area contributed by atoms with E-state index in [9.17, 15) is 14.7 Å². The third-order valence-corrected chi connectivity index (χ3v) is 2.01. The SMILES string of the molecule is CC(O)c1cccc(NC(=O)/C=C/C(=O)O)c1. The number of aliphatic hydroxyl groups excluding tert-OH is 1. The van der Waals surface area contributed by atoms with Crippen molar-refractivity contribution >= 4 is 17.6 Å². The van der Waals surface area contributed by atoms with Crippen LogP contribution in [0, 0.1) is 0 Å². The van der Waals surface area contributed by atoms with Crippen LogP contribution in [0.2, 0.25) is 0 Å². The summed E-state index contributed by atoms with van der Waals surface area (Å²) in [6.07, 6.45) is 1.06. The summed E-state index contributed by atoms with van der Waals surface area (Å²) in [5.41, 5.74) is 1.17. The summed E-state index contributed by atoms with van der Waals surface area (Å²) in [5.74, 6) is -1.71. The van der Waals surface area contributed by atoms with Gasteiger partial charge >= 0.3 is 5.97 Å². The van der Waals surface area contributed by atoms with Gasteiger partial charge in [-0.25, -0.2) is 4.79 Å². The van der Waals surface area contributed by atoms with Crippen molar-refractivity contribution in [3.63, 3.8) is 0 Å². The number of benzene rings is 1. The molecule has 1 amide bonds. The van der Waals surface area contributed by atoms with E-state index in [-0.39, 0.29) is 0 Å². The average molecular weight is 235 g/mol. The molecule has 1 aromatic rings. The molecule has 17 heavy (non-hydrogen) atoms. The normalized spacial score (nSPS) is 12.4. The first-order valence-electron chi connectivity index (χ1n) is 4.99. The number of hydrogen-bond donors (Lipinski definition) is 3. The van der Waals surface area contributed by atoms with Crippen molar-refractivity contribution < 1.29 is 19.8 Å². The highest BCUT2D eigenvalue weighted by Crippen LogP contribution is 2.16. The zero-order valence-corrected chi connectivity index (χ0v) is 9.25. The van der Waals surface area contributed by atoms with E-state index in [0.29, 0.717) is 11.3 Å². The molecule has 0 aliphatic heterocycles. The Labute approximate surface area is 98.4 Å². The van der Waals surface area contributed by atoms with Gasteiger partial charge < -0.3 is 15.5 Å².